The van der Waals surface area contributed by atoms with E-state index in [0.717, 1.165) is 53.6 Å². The molecule has 0 spiro atoms. The van der Waals surface area contributed by atoms with E-state index in [1.54, 1.807) is 12.1 Å². The van der Waals surface area contributed by atoms with Gasteiger partial charge in [-0.15, -0.1) is 0 Å². The molecule has 4 aromatic carbocycles. The van der Waals surface area contributed by atoms with E-state index in [1.807, 2.05) is 48.5 Å². The van der Waals surface area contributed by atoms with Gasteiger partial charge in [0.15, 0.2) is 0 Å². The summed E-state index contributed by atoms with van der Waals surface area (Å²) in [7, 11) is 1.30. The normalized spacial score (nSPS) is 10.8. The molecule has 0 aliphatic rings. The number of unbranched alkanes of at least 4 members (excludes halogenated alkanes) is 5. The number of aryl methyl sites for hydroxylation is 1. The number of benzene rings is 4. The highest BCUT2D eigenvalue weighted by Crippen LogP contribution is 2.35. The van der Waals surface area contributed by atoms with Gasteiger partial charge in [0.2, 0.25) is 5.91 Å². The Bertz CT molecular complexity index is 1690. The van der Waals surface area contributed by atoms with Crippen LogP contribution in [0.2, 0.25) is 0 Å². The summed E-state index contributed by atoms with van der Waals surface area (Å²) in [4.78, 5) is 14.8. The van der Waals surface area contributed by atoms with Crippen molar-refractivity contribution in [2.45, 2.75) is 77.9 Å². The quantitative estimate of drug-likeness (QED) is 0.0792. The van der Waals surface area contributed by atoms with Crippen molar-refractivity contribution < 1.29 is 32.5 Å². The Morgan fingerprint density at radius 2 is 1.38 bits per heavy atom. The summed E-state index contributed by atoms with van der Waals surface area (Å²) in [5.74, 6) is 1.11. The molecular weight excluding hydrogens is 665 g/mol. The molecule has 0 saturated carbocycles. The molecule has 0 bridgehead atoms. The van der Waals surface area contributed by atoms with Crippen molar-refractivity contribution in [3.8, 4) is 17.2 Å². The van der Waals surface area contributed by atoms with Gasteiger partial charge in [-0.05, 0) is 90.6 Å². The molecule has 9 heteroatoms. The van der Waals surface area contributed by atoms with Crippen molar-refractivity contribution >= 4 is 17.3 Å². The lowest BCUT2D eigenvalue weighted by Gasteiger charge is -2.26. The number of anilines is 1. The van der Waals surface area contributed by atoms with Crippen LogP contribution >= 0.6 is 0 Å². The molecule has 0 unspecified atom stereocenters. The van der Waals surface area contributed by atoms with Crippen molar-refractivity contribution in [1.29, 1.82) is 0 Å². The zero-order valence-electron chi connectivity index (χ0n) is 30.5. The van der Waals surface area contributed by atoms with Gasteiger partial charge in [0, 0.05) is 24.5 Å². The molecule has 4 aromatic rings. The fourth-order valence-corrected chi connectivity index (χ4v) is 5.66. The van der Waals surface area contributed by atoms with Crippen LogP contribution in [0.5, 0.6) is 17.2 Å². The maximum absolute atomic E-state index is 13.6. The zero-order valence-corrected chi connectivity index (χ0v) is 30.5. The van der Waals surface area contributed by atoms with E-state index >= 15 is 0 Å². The lowest BCUT2D eigenvalue weighted by atomic mass is 10.0. The number of aliphatic hydroxyl groups is 1. The van der Waals surface area contributed by atoms with Crippen LogP contribution in [0.25, 0.3) is 5.70 Å². The smallest absolute Gasteiger partial charge is 0.416 e. The first-order chi connectivity index (χ1) is 25.0. The third-order valence-electron chi connectivity index (χ3n) is 8.51. The Hall–Kier alpha value is -5.18. The zero-order chi connectivity index (χ0) is 37.9. The molecule has 6 nitrogen and oxygen atoms in total. The van der Waals surface area contributed by atoms with Gasteiger partial charge in [-0.25, -0.2) is 0 Å². The molecule has 0 atom stereocenters. The number of hydrogen-bond donors (Lipinski definition) is 2. The molecule has 0 radical (unpaired) electrons. The number of amides is 1. The van der Waals surface area contributed by atoms with Gasteiger partial charge in [0.1, 0.15) is 17.2 Å². The van der Waals surface area contributed by atoms with Gasteiger partial charge >= 0.3 is 6.18 Å². The van der Waals surface area contributed by atoms with Crippen LogP contribution in [0.3, 0.4) is 0 Å². The third-order valence-corrected chi connectivity index (χ3v) is 8.51. The van der Waals surface area contributed by atoms with E-state index in [9.17, 15) is 18.0 Å². The number of carbonyl (C=O) groups is 1. The highest BCUT2D eigenvalue weighted by molar-refractivity contribution is 5.92. The van der Waals surface area contributed by atoms with E-state index < -0.39 is 24.1 Å². The Labute approximate surface area is 306 Å². The second-order valence-electron chi connectivity index (χ2n) is 12.4. The summed E-state index contributed by atoms with van der Waals surface area (Å²) in [6.07, 6.45) is 4.58. The number of ether oxygens (including phenoxy) is 2. The van der Waals surface area contributed by atoms with E-state index in [2.05, 4.69) is 49.4 Å². The standard InChI is InChI=1S/C41H47F3N2O3.C2H4O/c1-5-7-8-9-10-11-12-31-13-22-36(23-14-31)49-37-24-15-32(16-25-37)29-46(6-2)30(3)33-17-20-35(21-18-33)45-40(47)27-34-19-26-38(48-4)28-39(34)41(42,43)44;1-2-3/h13-26,28H,3,5-12,27,29H2,1-2,4H3,(H,45,47);2-3H,1H2. The molecule has 0 fully saturated rings. The van der Waals surface area contributed by atoms with E-state index in [0.29, 0.717) is 12.2 Å². The fraction of sp³-hybridized carbons (Fsp3) is 0.326. The summed E-state index contributed by atoms with van der Waals surface area (Å²) in [6, 6.07) is 27.1. The highest BCUT2D eigenvalue weighted by Gasteiger charge is 2.34. The largest absolute Gasteiger partial charge is 0.516 e. The summed E-state index contributed by atoms with van der Waals surface area (Å²) in [5, 5.41) is 10.0. The van der Waals surface area contributed by atoms with E-state index in [4.69, 9.17) is 14.6 Å². The monoisotopic (exact) mass is 716 g/mol. The Morgan fingerprint density at radius 3 is 1.94 bits per heavy atom. The van der Waals surface area contributed by atoms with Crippen molar-refractivity contribution in [3.63, 3.8) is 0 Å². The molecule has 2 N–H and O–H groups in total. The van der Waals surface area contributed by atoms with Gasteiger partial charge in [-0.1, -0.05) is 94.7 Å². The minimum atomic E-state index is -4.60. The Morgan fingerprint density at radius 1 is 0.827 bits per heavy atom. The van der Waals surface area contributed by atoms with E-state index in [1.165, 1.54) is 63.3 Å². The number of aliphatic hydroxyl groups excluding tert-OH is 1. The minimum Gasteiger partial charge on any atom is -0.516 e. The summed E-state index contributed by atoms with van der Waals surface area (Å²) >= 11 is 0. The maximum atomic E-state index is 13.6. The topological polar surface area (TPSA) is 71.0 Å². The maximum Gasteiger partial charge on any atom is 0.416 e. The van der Waals surface area contributed by atoms with E-state index in [-0.39, 0.29) is 11.3 Å². The number of alkyl halides is 3. The lowest BCUT2D eigenvalue weighted by Crippen LogP contribution is -2.21. The highest BCUT2D eigenvalue weighted by atomic mass is 19.4. The first-order valence-corrected chi connectivity index (χ1v) is 17.7. The molecule has 4 rings (SSSR count). The van der Waals surface area contributed by atoms with Crippen LogP contribution in [0.4, 0.5) is 18.9 Å². The van der Waals surface area contributed by atoms with Gasteiger partial charge in [0.25, 0.3) is 0 Å². The van der Waals surface area contributed by atoms with Crippen LogP contribution in [0, 0.1) is 0 Å². The summed E-state index contributed by atoms with van der Waals surface area (Å²) in [6.45, 7) is 12.9. The molecule has 0 saturated heterocycles. The number of rotatable bonds is 18. The first-order valence-electron chi connectivity index (χ1n) is 17.7. The molecule has 1 amide bonds. The second kappa shape index (κ2) is 21.2. The Balaban J connectivity index is 0.00000235. The van der Waals surface area contributed by atoms with Gasteiger partial charge in [-0.3, -0.25) is 4.79 Å². The molecule has 0 aliphatic carbocycles. The molecule has 0 aliphatic heterocycles. The molecule has 0 aromatic heterocycles. The van der Waals surface area contributed by atoms with Crippen LogP contribution in [-0.2, 0) is 30.4 Å². The van der Waals surface area contributed by atoms with Gasteiger partial charge in [0.05, 0.1) is 25.4 Å². The average molecular weight is 717 g/mol. The van der Waals surface area contributed by atoms with Crippen LogP contribution in [-0.4, -0.2) is 29.6 Å². The third kappa shape index (κ3) is 13.5. The van der Waals surface area contributed by atoms with Crippen molar-refractivity contribution in [2.24, 2.45) is 0 Å². The van der Waals surface area contributed by atoms with Crippen molar-refractivity contribution in [1.82, 2.24) is 4.90 Å². The number of halogens is 3. The molecule has 52 heavy (non-hydrogen) atoms. The number of methoxy groups -OCH3 is 1. The number of carbonyl (C=O) groups excluding carboxylic acids is 1. The summed E-state index contributed by atoms with van der Waals surface area (Å²) in [5.41, 5.74) is 3.59. The van der Waals surface area contributed by atoms with Gasteiger partial charge < -0.3 is 24.8 Å². The minimum absolute atomic E-state index is 0.0783. The first kappa shape index (κ1) is 41.2. The van der Waals surface area contributed by atoms with Crippen molar-refractivity contribution in [3.05, 3.63) is 138 Å². The Kier molecular flexibility index (Phi) is 16.9. The molecular formula is C43H51F3N2O4. The predicted molar refractivity (Wildman–Crippen MR) is 205 cm³/mol. The summed E-state index contributed by atoms with van der Waals surface area (Å²) < 4.78 is 51.7. The number of hydrogen-bond acceptors (Lipinski definition) is 5. The SMILES string of the molecule is C=C(c1ccc(NC(=O)Cc2ccc(OC)cc2C(F)(F)F)cc1)N(CC)Cc1ccc(Oc2ccc(CCCCCCCC)cc2)cc1.C=CO. The van der Waals surface area contributed by atoms with Crippen molar-refractivity contribution in [2.75, 3.05) is 19.0 Å². The predicted octanol–water partition coefficient (Wildman–Crippen LogP) is 11.8. The van der Waals surface area contributed by atoms with Crippen LogP contribution in [0.1, 0.15) is 80.2 Å². The fourth-order valence-electron chi connectivity index (χ4n) is 5.66. The van der Waals surface area contributed by atoms with Gasteiger partial charge in [-0.2, -0.15) is 13.2 Å². The average Bonchev–Trinajstić information content (AvgIpc) is 3.13. The molecule has 0 heterocycles. The van der Waals surface area contributed by atoms with Crippen LogP contribution < -0.4 is 14.8 Å². The molecule has 278 valence electrons. The number of nitrogens with zero attached hydrogens (tertiary/aromatic N) is 1. The second-order valence-corrected chi connectivity index (χ2v) is 12.4. The lowest BCUT2D eigenvalue weighted by molar-refractivity contribution is -0.138. The number of nitrogens with one attached hydrogen (secondary N) is 1. The van der Waals surface area contributed by atoms with Crippen LogP contribution in [0.15, 0.2) is 110 Å².